The smallest absolute Gasteiger partial charge is 0.193 e. The predicted octanol–water partition coefficient (Wildman–Crippen LogP) is 3.59. The van der Waals surface area contributed by atoms with Crippen molar-refractivity contribution in [3.05, 3.63) is 51.5 Å². The van der Waals surface area contributed by atoms with Crippen molar-refractivity contribution in [1.82, 2.24) is 0 Å². The molecule has 2 aromatic carbocycles. The molecular weight excluding hydrogens is 334 g/mol. The van der Waals surface area contributed by atoms with Gasteiger partial charge in [-0.25, -0.2) is 0 Å². The van der Waals surface area contributed by atoms with Gasteiger partial charge >= 0.3 is 0 Å². The minimum atomic E-state index is -0.104. The lowest BCUT2D eigenvalue weighted by atomic mass is 9.98. The molecule has 0 spiro atoms. The number of ketones is 1. The molecule has 0 amide bonds. The van der Waals surface area contributed by atoms with Crippen LogP contribution in [0, 0.1) is 6.92 Å². The molecule has 0 aliphatic rings. The molecular formula is C16H16BrNO3. The van der Waals surface area contributed by atoms with Crippen molar-refractivity contribution < 1.29 is 14.3 Å². The van der Waals surface area contributed by atoms with Gasteiger partial charge in [-0.05, 0) is 58.7 Å². The highest BCUT2D eigenvalue weighted by atomic mass is 79.9. The van der Waals surface area contributed by atoms with Crippen molar-refractivity contribution in [2.75, 3.05) is 20.0 Å². The first-order valence-corrected chi connectivity index (χ1v) is 7.09. The van der Waals surface area contributed by atoms with Crippen LogP contribution in [0.3, 0.4) is 0 Å². The fourth-order valence-corrected chi connectivity index (χ4v) is 2.31. The third-order valence-electron chi connectivity index (χ3n) is 3.23. The van der Waals surface area contributed by atoms with Gasteiger partial charge in [-0.2, -0.15) is 0 Å². The number of anilines is 1. The first kappa shape index (κ1) is 15.4. The Labute approximate surface area is 132 Å². The maximum absolute atomic E-state index is 12.6. The summed E-state index contributed by atoms with van der Waals surface area (Å²) in [7, 11) is 3.10. The van der Waals surface area contributed by atoms with Crippen LogP contribution < -0.4 is 15.2 Å². The molecule has 0 heterocycles. The average molecular weight is 350 g/mol. The maximum Gasteiger partial charge on any atom is 0.193 e. The van der Waals surface area contributed by atoms with Gasteiger partial charge in [0.2, 0.25) is 0 Å². The van der Waals surface area contributed by atoms with E-state index in [2.05, 4.69) is 15.9 Å². The molecule has 0 unspecified atom stereocenters. The third kappa shape index (κ3) is 3.03. The van der Waals surface area contributed by atoms with Crippen molar-refractivity contribution in [2.24, 2.45) is 0 Å². The van der Waals surface area contributed by atoms with Crippen LogP contribution in [0.15, 0.2) is 34.8 Å². The number of hydrogen-bond donors (Lipinski definition) is 1. The Morgan fingerprint density at radius 2 is 1.71 bits per heavy atom. The summed E-state index contributed by atoms with van der Waals surface area (Å²) >= 11 is 3.32. The predicted molar refractivity (Wildman–Crippen MR) is 86.3 cm³/mol. The van der Waals surface area contributed by atoms with E-state index in [9.17, 15) is 4.79 Å². The Hall–Kier alpha value is -2.01. The quantitative estimate of drug-likeness (QED) is 0.676. The number of rotatable bonds is 4. The van der Waals surface area contributed by atoms with Crippen molar-refractivity contribution in [3.8, 4) is 11.5 Å². The zero-order chi connectivity index (χ0) is 15.6. The summed E-state index contributed by atoms with van der Waals surface area (Å²) in [5, 5.41) is 0. The van der Waals surface area contributed by atoms with Gasteiger partial charge < -0.3 is 15.2 Å². The van der Waals surface area contributed by atoms with Crippen LogP contribution >= 0.6 is 15.9 Å². The SMILES string of the molecule is COc1cc(C)c(C(=O)c2ccc(Br)c(N)c2)cc1OC. The van der Waals surface area contributed by atoms with Crippen LogP contribution in [0.4, 0.5) is 5.69 Å². The summed E-state index contributed by atoms with van der Waals surface area (Å²) in [6, 6.07) is 8.63. The molecule has 21 heavy (non-hydrogen) atoms. The number of nitrogen functional groups attached to an aromatic ring is 1. The summed E-state index contributed by atoms with van der Waals surface area (Å²) in [6.07, 6.45) is 0. The topological polar surface area (TPSA) is 61.5 Å². The molecule has 2 rings (SSSR count). The number of methoxy groups -OCH3 is 2. The molecule has 5 heteroatoms. The Bertz CT molecular complexity index is 698. The highest BCUT2D eigenvalue weighted by Gasteiger charge is 2.16. The number of carbonyl (C=O) groups is 1. The number of ether oxygens (including phenoxy) is 2. The molecule has 2 aromatic rings. The summed E-state index contributed by atoms with van der Waals surface area (Å²) in [4.78, 5) is 12.6. The van der Waals surface area contributed by atoms with Crippen LogP contribution in [0.25, 0.3) is 0 Å². The molecule has 0 radical (unpaired) electrons. The molecule has 4 nitrogen and oxygen atoms in total. The summed E-state index contributed by atoms with van der Waals surface area (Å²) in [6.45, 7) is 1.86. The van der Waals surface area contributed by atoms with Gasteiger partial charge in [0.05, 0.1) is 14.2 Å². The zero-order valence-electron chi connectivity index (χ0n) is 12.1. The molecule has 0 fully saturated rings. The van der Waals surface area contributed by atoms with Crippen molar-refractivity contribution >= 4 is 27.4 Å². The second kappa shape index (κ2) is 6.18. The second-order valence-corrected chi connectivity index (χ2v) is 5.44. The Morgan fingerprint density at radius 3 is 2.29 bits per heavy atom. The average Bonchev–Trinajstić information content (AvgIpc) is 2.49. The Morgan fingerprint density at radius 1 is 1.10 bits per heavy atom. The maximum atomic E-state index is 12.6. The van der Waals surface area contributed by atoms with E-state index in [-0.39, 0.29) is 5.78 Å². The Kier molecular flexibility index (Phi) is 4.53. The van der Waals surface area contributed by atoms with Gasteiger partial charge in [0.25, 0.3) is 0 Å². The molecule has 110 valence electrons. The largest absolute Gasteiger partial charge is 0.493 e. The van der Waals surface area contributed by atoms with E-state index in [1.165, 1.54) is 0 Å². The van der Waals surface area contributed by atoms with Crippen molar-refractivity contribution in [3.63, 3.8) is 0 Å². The zero-order valence-corrected chi connectivity index (χ0v) is 13.7. The van der Waals surface area contributed by atoms with E-state index in [1.807, 2.05) is 6.92 Å². The van der Waals surface area contributed by atoms with E-state index in [1.54, 1.807) is 44.6 Å². The second-order valence-electron chi connectivity index (χ2n) is 4.59. The molecule has 0 saturated carbocycles. The lowest BCUT2D eigenvalue weighted by molar-refractivity contribution is 0.103. The van der Waals surface area contributed by atoms with Gasteiger partial charge in [0, 0.05) is 21.3 Å². The fraction of sp³-hybridized carbons (Fsp3) is 0.188. The van der Waals surface area contributed by atoms with E-state index < -0.39 is 0 Å². The monoisotopic (exact) mass is 349 g/mol. The van der Waals surface area contributed by atoms with Crippen LogP contribution in [0.2, 0.25) is 0 Å². The fourth-order valence-electron chi connectivity index (χ4n) is 2.07. The number of benzene rings is 2. The van der Waals surface area contributed by atoms with E-state index in [4.69, 9.17) is 15.2 Å². The van der Waals surface area contributed by atoms with E-state index in [0.717, 1.165) is 10.0 Å². The molecule has 0 aliphatic carbocycles. The summed E-state index contributed by atoms with van der Waals surface area (Å²) in [5.41, 5.74) is 8.28. The standard InChI is InChI=1S/C16H16BrNO3/c1-9-6-14(20-2)15(21-3)8-11(9)16(19)10-4-5-12(17)13(18)7-10/h4-8H,18H2,1-3H3. The van der Waals surface area contributed by atoms with Crippen LogP contribution in [0.5, 0.6) is 11.5 Å². The number of nitrogens with two attached hydrogens (primary N) is 1. The summed E-state index contributed by atoms with van der Waals surface area (Å²) in [5.74, 6) is 1.02. The highest BCUT2D eigenvalue weighted by molar-refractivity contribution is 9.10. The minimum absolute atomic E-state index is 0.104. The number of hydrogen-bond acceptors (Lipinski definition) is 4. The van der Waals surface area contributed by atoms with Gasteiger partial charge in [-0.1, -0.05) is 0 Å². The first-order chi connectivity index (χ1) is 9.97. The van der Waals surface area contributed by atoms with E-state index >= 15 is 0 Å². The third-order valence-corrected chi connectivity index (χ3v) is 3.96. The first-order valence-electron chi connectivity index (χ1n) is 6.30. The normalized spacial score (nSPS) is 10.3. The van der Waals surface area contributed by atoms with Crippen molar-refractivity contribution in [1.29, 1.82) is 0 Å². The number of carbonyl (C=O) groups excluding carboxylic acids is 1. The van der Waals surface area contributed by atoms with Crippen LogP contribution in [-0.2, 0) is 0 Å². The number of aryl methyl sites for hydroxylation is 1. The lowest BCUT2D eigenvalue weighted by Crippen LogP contribution is -2.06. The summed E-state index contributed by atoms with van der Waals surface area (Å²) < 4.78 is 11.2. The molecule has 0 saturated heterocycles. The van der Waals surface area contributed by atoms with Gasteiger partial charge in [-0.3, -0.25) is 4.79 Å². The molecule has 0 aliphatic heterocycles. The molecule has 0 atom stereocenters. The van der Waals surface area contributed by atoms with E-state index in [0.29, 0.717) is 28.3 Å². The van der Waals surface area contributed by atoms with Gasteiger partial charge in [0.1, 0.15) is 0 Å². The minimum Gasteiger partial charge on any atom is -0.493 e. The lowest BCUT2D eigenvalue weighted by Gasteiger charge is -2.12. The Balaban J connectivity index is 2.50. The molecule has 0 aromatic heterocycles. The van der Waals surface area contributed by atoms with Gasteiger partial charge in [-0.15, -0.1) is 0 Å². The molecule has 2 N–H and O–H groups in total. The van der Waals surface area contributed by atoms with Crippen molar-refractivity contribution in [2.45, 2.75) is 6.92 Å². The highest BCUT2D eigenvalue weighted by Crippen LogP contribution is 2.32. The van der Waals surface area contributed by atoms with Gasteiger partial charge in [0.15, 0.2) is 17.3 Å². The number of halogens is 1. The molecule has 0 bridgehead atoms. The van der Waals surface area contributed by atoms with Crippen LogP contribution in [0.1, 0.15) is 21.5 Å². The van der Waals surface area contributed by atoms with Crippen LogP contribution in [-0.4, -0.2) is 20.0 Å².